The predicted octanol–water partition coefficient (Wildman–Crippen LogP) is 1.95. The Morgan fingerprint density at radius 3 is 2.72 bits per heavy atom. The van der Waals surface area contributed by atoms with Crippen LogP contribution >= 0.6 is 15.9 Å². The van der Waals surface area contributed by atoms with Crippen molar-refractivity contribution in [2.75, 3.05) is 11.5 Å². The summed E-state index contributed by atoms with van der Waals surface area (Å²) in [5, 5.41) is 0. The molecule has 0 unspecified atom stereocenters. The van der Waals surface area contributed by atoms with Crippen LogP contribution in [0.4, 0.5) is 11.5 Å². The summed E-state index contributed by atoms with van der Waals surface area (Å²) in [5.74, 6) is 0.997. The van der Waals surface area contributed by atoms with Gasteiger partial charge in [0.2, 0.25) is 0 Å². The maximum Gasteiger partial charge on any atom is 0.183 e. The van der Waals surface area contributed by atoms with Crippen molar-refractivity contribution in [1.29, 1.82) is 0 Å². The number of nitrogens with one attached hydrogen (secondary N) is 1. The first-order valence-electron chi connectivity index (χ1n) is 5.17. The molecular formula is C11H9BrN6. The number of aromatic amines is 1. The smallest absolute Gasteiger partial charge is 0.183 e. The number of nitrogens with two attached hydrogens (primary N) is 2. The van der Waals surface area contributed by atoms with Crippen molar-refractivity contribution in [1.82, 2.24) is 19.9 Å². The monoisotopic (exact) mass is 304 g/mol. The van der Waals surface area contributed by atoms with Gasteiger partial charge >= 0.3 is 0 Å². The van der Waals surface area contributed by atoms with Crippen LogP contribution in [0.25, 0.3) is 22.6 Å². The molecule has 0 spiro atoms. The minimum absolute atomic E-state index is 0.370. The molecule has 0 radical (unpaired) electrons. The molecule has 3 rings (SSSR count). The van der Waals surface area contributed by atoms with E-state index < -0.39 is 0 Å². The molecule has 7 heteroatoms. The third-order valence-corrected chi connectivity index (χ3v) is 3.08. The van der Waals surface area contributed by atoms with Gasteiger partial charge in [0, 0.05) is 15.7 Å². The summed E-state index contributed by atoms with van der Waals surface area (Å²) in [6.07, 6.45) is 1.38. The van der Waals surface area contributed by atoms with Crippen molar-refractivity contribution < 1.29 is 0 Å². The molecule has 0 aliphatic heterocycles. The van der Waals surface area contributed by atoms with Crippen LogP contribution in [-0.4, -0.2) is 19.9 Å². The molecule has 0 aliphatic carbocycles. The van der Waals surface area contributed by atoms with Gasteiger partial charge in [-0.2, -0.15) is 0 Å². The topological polar surface area (TPSA) is 106 Å². The second-order valence-electron chi connectivity index (χ2n) is 3.77. The molecule has 18 heavy (non-hydrogen) atoms. The zero-order valence-corrected chi connectivity index (χ0v) is 10.8. The van der Waals surface area contributed by atoms with E-state index in [1.54, 1.807) is 0 Å². The van der Waals surface area contributed by atoms with Crippen LogP contribution in [0.1, 0.15) is 0 Å². The maximum atomic E-state index is 5.96. The number of hydrogen-bond acceptors (Lipinski definition) is 5. The average Bonchev–Trinajstić information content (AvgIpc) is 2.74. The van der Waals surface area contributed by atoms with Crippen molar-refractivity contribution in [3.8, 4) is 11.4 Å². The summed E-state index contributed by atoms with van der Waals surface area (Å²) in [4.78, 5) is 15.4. The number of rotatable bonds is 1. The zero-order valence-electron chi connectivity index (χ0n) is 9.18. The summed E-state index contributed by atoms with van der Waals surface area (Å²) in [5.41, 5.74) is 14.3. The molecule has 2 heterocycles. The van der Waals surface area contributed by atoms with Gasteiger partial charge in [-0.15, -0.1) is 0 Å². The standard InChI is InChI=1S/C11H9BrN6/c12-5-1-2-6(7(13)3-5)10-17-8-9(14)15-4-16-11(8)18-10/h1-4H,13H2,(H3,14,15,16,17,18). The van der Waals surface area contributed by atoms with Crippen molar-refractivity contribution >= 4 is 38.6 Å². The van der Waals surface area contributed by atoms with Crippen LogP contribution in [0.5, 0.6) is 0 Å². The molecule has 0 aliphatic rings. The van der Waals surface area contributed by atoms with E-state index in [2.05, 4.69) is 35.9 Å². The van der Waals surface area contributed by atoms with E-state index in [1.165, 1.54) is 6.33 Å². The summed E-state index contributed by atoms with van der Waals surface area (Å²) >= 11 is 3.36. The van der Waals surface area contributed by atoms with Gasteiger partial charge in [-0.25, -0.2) is 15.0 Å². The van der Waals surface area contributed by atoms with Gasteiger partial charge in [0.25, 0.3) is 0 Å². The number of nitrogens with zero attached hydrogens (tertiary/aromatic N) is 3. The summed E-state index contributed by atoms with van der Waals surface area (Å²) in [6.45, 7) is 0. The highest BCUT2D eigenvalue weighted by Gasteiger charge is 2.11. The largest absolute Gasteiger partial charge is 0.398 e. The van der Waals surface area contributed by atoms with E-state index in [0.29, 0.717) is 28.5 Å². The van der Waals surface area contributed by atoms with Crippen LogP contribution in [-0.2, 0) is 0 Å². The Hall–Kier alpha value is -2.15. The van der Waals surface area contributed by atoms with Crippen LogP contribution < -0.4 is 11.5 Å². The minimum Gasteiger partial charge on any atom is -0.398 e. The Morgan fingerprint density at radius 2 is 2.00 bits per heavy atom. The minimum atomic E-state index is 0.370. The maximum absolute atomic E-state index is 5.96. The summed E-state index contributed by atoms with van der Waals surface area (Å²) < 4.78 is 0.916. The Kier molecular flexibility index (Phi) is 2.41. The fourth-order valence-electron chi connectivity index (χ4n) is 1.72. The number of nitrogen functional groups attached to an aromatic ring is 2. The first-order chi connectivity index (χ1) is 8.65. The van der Waals surface area contributed by atoms with Crippen LogP contribution in [0.3, 0.4) is 0 Å². The quantitative estimate of drug-likeness (QED) is 0.596. The summed E-state index contributed by atoms with van der Waals surface area (Å²) in [7, 11) is 0. The number of aromatic nitrogens is 4. The lowest BCUT2D eigenvalue weighted by Crippen LogP contribution is -1.92. The molecular weight excluding hydrogens is 296 g/mol. The molecule has 2 aromatic heterocycles. The Morgan fingerprint density at radius 1 is 1.17 bits per heavy atom. The van der Waals surface area contributed by atoms with Crippen LogP contribution in [0.2, 0.25) is 0 Å². The lowest BCUT2D eigenvalue weighted by Gasteiger charge is -2.02. The van der Waals surface area contributed by atoms with Gasteiger partial charge in [0.15, 0.2) is 11.5 Å². The lowest BCUT2D eigenvalue weighted by atomic mass is 10.2. The number of imidazole rings is 1. The molecule has 3 aromatic rings. The molecule has 0 atom stereocenters. The fraction of sp³-hybridized carbons (Fsp3) is 0. The van der Waals surface area contributed by atoms with E-state index in [-0.39, 0.29) is 0 Å². The molecule has 0 fully saturated rings. The van der Waals surface area contributed by atoms with E-state index in [4.69, 9.17) is 11.5 Å². The van der Waals surface area contributed by atoms with Gasteiger partial charge in [0.1, 0.15) is 17.7 Å². The molecule has 5 N–H and O–H groups in total. The first kappa shape index (κ1) is 11.0. The van der Waals surface area contributed by atoms with Crippen molar-refractivity contribution in [2.24, 2.45) is 0 Å². The van der Waals surface area contributed by atoms with Crippen LogP contribution in [0, 0.1) is 0 Å². The van der Waals surface area contributed by atoms with Gasteiger partial charge in [-0.3, -0.25) is 0 Å². The fourth-order valence-corrected chi connectivity index (χ4v) is 2.10. The third kappa shape index (κ3) is 1.68. The van der Waals surface area contributed by atoms with Crippen LogP contribution in [0.15, 0.2) is 29.0 Å². The Bertz CT molecular complexity index is 735. The lowest BCUT2D eigenvalue weighted by molar-refractivity contribution is 1.21. The average molecular weight is 305 g/mol. The van der Waals surface area contributed by atoms with E-state index >= 15 is 0 Å². The SMILES string of the molecule is Nc1cc(Br)ccc1-c1nc2ncnc(N)c2[nH]1. The van der Waals surface area contributed by atoms with Gasteiger partial charge in [0.05, 0.1) is 0 Å². The number of benzene rings is 1. The number of hydrogen-bond donors (Lipinski definition) is 3. The van der Waals surface area contributed by atoms with Crippen molar-refractivity contribution in [3.63, 3.8) is 0 Å². The molecule has 0 saturated heterocycles. The highest BCUT2D eigenvalue weighted by atomic mass is 79.9. The van der Waals surface area contributed by atoms with Gasteiger partial charge in [-0.05, 0) is 18.2 Å². The molecule has 0 saturated carbocycles. The molecule has 1 aromatic carbocycles. The number of H-pyrrole nitrogens is 1. The Labute approximate surface area is 111 Å². The molecule has 0 amide bonds. The second kappa shape index (κ2) is 3.95. The third-order valence-electron chi connectivity index (χ3n) is 2.59. The second-order valence-corrected chi connectivity index (χ2v) is 4.69. The highest BCUT2D eigenvalue weighted by molar-refractivity contribution is 9.10. The number of fused-ring (bicyclic) bond motifs is 1. The van der Waals surface area contributed by atoms with Crippen molar-refractivity contribution in [2.45, 2.75) is 0 Å². The van der Waals surface area contributed by atoms with Crippen molar-refractivity contribution in [3.05, 3.63) is 29.0 Å². The van der Waals surface area contributed by atoms with E-state index in [9.17, 15) is 0 Å². The zero-order chi connectivity index (χ0) is 12.7. The predicted molar refractivity (Wildman–Crippen MR) is 73.6 cm³/mol. The normalized spacial score (nSPS) is 10.9. The van der Waals surface area contributed by atoms with E-state index in [0.717, 1.165) is 10.0 Å². The van der Waals surface area contributed by atoms with Gasteiger partial charge < -0.3 is 16.5 Å². The first-order valence-corrected chi connectivity index (χ1v) is 5.96. The molecule has 6 nitrogen and oxygen atoms in total. The molecule has 0 bridgehead atoms. The van der Waals surface area contributed by atoms with Gasteiger partial charge in [-0.1, -0.05) is 15.9 Å². The van der Waals surface area contributed by atoms with E-state index in [1.807, 2.05) is 18.2 Å². The summed E-state index contributed by atoms with van der Waals surface area (Å²) in [6, 6.07) is 5.59. The highest BCUT2D eigenvalue weighted by Crippen LogP contribution is 2.28. The Balaban J connectivity index is 2.23. The number of halogens is 1. The molecule has 90 valence electrons. The number of anilines is 2.